The summed E-state index contributed by atoms with van der Waals surface area (Å²) in [6.45, 7) is 3.95. The van der Waals surface area contributed by atoms with Crippen molar-refractivity contribution >= 4 is 21.6 Å². The predicted molar refractivity (Wildman–Crippen MR) is 123 cm³/mol. The highest BCUT2D eigenvalue weighted by Crippen LogP contribution is 2.32. The third-order valence-corrected chi connectivity index (χ3v) is 8.58. The van der Waals surface area contributed by atoms with Crippen LogP contribution < -0.4 is 4.90 Å². The highest BCUT2D eigenvalue weighted by Gasteiger charge is 2.32. The molecule has 34 heavy (non-hydrogen) atoms. The Morgan fingerprint density at radius 1 is 0.941 bits per heavy atom. The Balaban J connectivity index is 1.40. The van der Waals surface area contributed by atoms with E-state index in [0.717, 1.165) is 31.4 Å². The first-order valence-electron chi connectivity index (χ1n) is 11.4. The van der Waals surface area contributed by atoms with E-state index in [1.54, 1.807) is 11.0 Å². The van der Waals surface area contributed by atoms with E-state index in [0.29, 0.717) is 44.0 Å². The number of hydrogen-bond donors (Lipinski definition) is 0. The summed E-state index contributed by atoms with van der Waals surface area (Å²) in [6, 6.07) is 11.1. The molecule has 2 aromatic rings. The SMILES string of the molecule is CC1CCCCN1S(=O)(=O)c1ccc(C(=O)N2CCN(c3cccc(C(F)(F)F)c3)CC2)cc1. The van der Waals surface area contributed by atoms with Crippen LogP contribution in [0.1, 0.15) is 42.1 Å². The molecule has 1 unspecified atom stereocenters. The van der Waals surface area contributed by atoms with Gasteiger partial charge in [0.05, 0.1) is 10.5 Å². The normalized spacial score (nSPS) is 20.4. The number of rotatable bonds is 4. The summed E-state index contributed by atoms with van der Waals surface area (Å²) < 4.78 is 66.5. The first kappa shape index (κ1) is 24.5. The van der Waals surface area contributed by atoms with E-state index in [4.69, 9.17) is 0 Å². The minimum absolute atomic E-state index is 0.0480. The number of benzene rings is 2. The average molecular weight is 496 g/mol. The first-order valence-corrected chi connectivity index (χ1v) is 12.8. The topological polar surface area (TPSA) is 60.9 Å². The van der Waals surface area contributed by atoms with Gasteiger partial charge in [0.2, 0.25) is 10.0 Å². The molecule has 10 heteroatoms. The summed E-state index contributed by atoms with van der Waals surface area (Å²) in [6.07, 6.45) is -1.71. The molecule has 2 aliphatic rings. The van der Waals surface area contributed by atoms with Crippen LogP contribution in [-0.2, 0) is 16.2 Å². The van der Waals surface area contributed by atoms with Crippen molar-refractivity contribution in [3.05, 3.63) is 59.7 Å². The van der Waals surface area contributed by atoms with Crippen molar-refractivity contribution in [2.75, 3.05) is 37.6 Å². The van der Waals surface area contributed by atoms with Crippen molar-refractivity contribution in [1.29, 1.82) is 0 Å². The van der Waals surface area contributed by atoms with E-state index in [9.17, 15) is 26.4 Å². The number of alkyl halides is 3. The lowest BCUT2D eigenvalue weighted by Gasteiger charge is -2.36. The van der Waals surface area contributed by atoms with Crippen molar-refractivity contribution in [2.24, 2.45) is 0 Å². The van der Waals surface area contributed by atoms with Gasteiger partial charge in [-0.2, -0.15) is 17.5 Å². The summed E-state index contributed by atoms with van der Waals surface area (Å²) >= 11 is 0. The van der Waals surface area contributed by atoms with Crippen LogP contribution in [0, 0.1) is 0 Å². The second kappa shape index (κ2) is 9.58. The minimum Gasteiger partial charge on any atom is -0.368 e. The van der Waals surface area contributed by atoms with Crippen molar-refractivity contribution in [1.82, 2.24) is 9.21 Å². The maximum absolute atomic E-state index is 13.0. The zero-order valence-corrected chi connectivity index (χ0v) is 19.8. The van der Waals surface area contributed by atoms with Crippen LogP contribution in [0.25, 0.3) is 0 Å². The predicted octanol–water partition coefficient (Wildman–Crippen LogP) is 4.23. The monoisotopic (exact) mass is 495 g/mol. The van der Waals surface area contributed by atoms with E-state index in [-0.39, 0.29) is 16.8 Å². The van der Waals surface area contributed by atoms with E-state index in [2.05, 4.69) is 0 Å². The van der Waals surface area contributed by atoms with Crippen LogP contribution in [0.3, 0.4) is 0 Å². The Kier molecular flexibility index (Phi) is 6.91. The maximum Gasteiger partial charge on any atom is 0.416 e. The molecule has 184 valence electrons. The number of sulfonamides is 1. The van der Waals surface area contributed by atoms with Gasteiger partial charge in [-0.3, -0.25) is 4.79 Å². The van der Waals surface area contributed by atoms with E-state index >= 15 is 0 Å². The van der Waals surface area contributed by atoms with Crippen molar-refractivity contribution in [3.63, 3.8) is 0 Å². The molecule has 0 N–H and O–H groups in total. The zero-order chi connectivity index (χ0) is 24.5. The highest BCUT2D eigenvalue weighted by atomic mass is 32.2. The lowest BCUT2D eigenvalue weighted by atomic mass is 10.1. The van der Waals surface area contributed by atoms with Crippen LogP contribution in [-0.4, -0.2) is 62.3 Å². The van der Waals surface area contributed by atoms with Crippen LogP contribution in [0.4, 0.5) is 18.9 Å². The average Bonchev–Trinajstić information content (AvgIpc) is 2.83. The Labute approximate surface area is 198 Å². The van der Waals surface area contributed by atoms with Gasteiger partial charge in [0.1, 0.15) is 0 Å². The minimum atomic E-state index is -4.40. The molecule has 2 aromatic carbocycles. The fraction of sp³-hybridized carbons (Fsp3) is 0.458. The second-order valence-corrected chi connectivity index (χ2v) is 10.7. The van der Waals surface area contributed by atoms with Crippen LogP contribution >= 0.6 is 0 Å². The summed E-state index contributed by atoms with van der Waals surface area (Å²) in [5, 5.41) is 0. The van der Waals surface area contributed by atoms with E-state index in [1.165, 1.54) is 34.6 Å². The van der Waals surface area contributed by atoms with Gasteiger partial charge < -0.3 is 9.80 Å². The number of carbonyl (C=O) groups excluding carboxylic acids is 1. The molecular weight excluding hydrogens is 467 g/mol. The van der Waals surface area contributed by atoms with Crippen LogP contribution in [0.2, 0.25) is 0 Å². The Hall–Kier alpha value is -2.59. The number of halogens is 3. The number of piperazine rings is 1. The Bertz CT molecular complexity index is 1130. The lowest BCUT2D eigenvalue weighted by molar-refractivity contribution is -0.137. The van der Waals surface area contributed by atoms with Crippen molar-refractivity contribution in [3.8, 4) is 0 Å². The van der Waals surface area contributed by atoms with E-state index in [1.807, 2.05) is 11.8 Å². The molecule has 4 rings (SSSR count). The molecule has 0 spiro atoms. The summed E-state index contributed by atoms with van der Waals surface area (Å²) in [5.41, 5.74) is 0.166. The molecule has 6 nitrogen and oxygen atoms in total. The Morgan fingerprint density at radius 2 is 1.62 bits per heavy atom. The van der Waals surface area contributed by atoms with Gasteiger partial charge >= 0.3 is 6.18 Å². The number of hydrogen-bond acceptors (Lipinski definition) is 4. The quantitative estimate of drug-likeness (QED) is 0.637. The van der Waals surface area contributed by atoms with Gasteiger partial charge in [-0.15, -0.1) is 0 Å². The molecule has 0 aliphatic carbocycles. The molecule has 2 heterocycles. The molecule has 1 amide bonds. The number of anilines is 1. The third-order valence-electron chi connectivity index (χ3n) is 6.56. The van der Waals surface area contributed by atoms with Gasteiger partial charge in [-0.05, 0) is 62.2 Å². The van der Waals surface area contributed by atoms with Crippen molar-refractivity contribution < 1.29 is 26.4 Å². The van der Waals surface area contributed by atoms with Gasteiger partial charge in [0.15, 0.2) is 0 Å². The van der Waals surface area contributed by atoms with Gasteiger partial charge in [0, 0.05) is 50.0 Å². The molecule has 0 bridgehead atoms. The molecular formula is C24H28F3N3O3S. The Morgan fingerprint density at radius 3 is 2.24 bits per heavy atom. The van der Waals surface area contributed by atoms with Crippen molar-refractivity contribution in [2.45, 2.75) is 43.3 Å². The standard InChI is InChI=1S/C24H28F3N3O3S/c1-18-5-2-3-12-30(18)34(32,33)22-10-8-19(9-11-22)23(31)29-15-13-28(14-16-29)21-7-4-6-20(17-21)24(25,26)27/h4,6-11,17-18H,2-3,5,12-16H2,1H3. The second-order valence-electron chi connectivity index (χ2n) is 8.81. The molecule has 2 saturated heterocycles. The van der Waals surface area contributed by atoms with Crippen LogP contribution in [0.5, 0.6) is 0 Å². The zero-order valence-electron chi connectivity index (χ0n) is 19.0. The van der Waals surface area contributed by atoms with Gasteiger partial charge in [0.25, 0.3) is 5.91 Å². The molecule has 2 fully saturated rings. The number of piperidine rings is 1. The number of amides is 1. The first-order chi connectivity index (χ1) is 16.1. The smallest absolute Gasteiger partial charge is 0.368 e. The molecule has 0 radical (unpaired) electrons. The summed E-state index contributed by atoms with van der Waals surface area (Å²) in [5.74, 6) is -0.223. The molecule has 0 aromatic heterocycles. The highest BCUT2D eigenvalue weighted by molar-refractivity contribution is 7.89. The van der Waals surface area contributed by atoms with Gasteiger partial charge in [-0.1, -0.05) is 12.5 Å². The fourth-order valence-corrected chi connectivity index (χ4v) is 6.26. The summed E-state index contributed by atoms with van der Waals surface area (Å²) in [7, 11) is -3.61. The fourth-order valence-electron chi connectivity index (χ4n) is 4.56. The molecule has 2 aliphatic heterocycles. The van der Waals surface area contributed by atoms with Crippen LogP contribution in [0.15, 0.2) is 53.4 Å². The maximum atomic E-state index is 13.0. The molecule has 1 atom stereocenters. The van der Waals surface area contributed by atoms with E-state index < -0.39 is 21.8 Å². The number of nitrogens with zero attached hydrogens (tertiary/aromatic N) is 3. The number of carbonyl (C=O) groups is 1. The molecule has 0 saturated carbocycles. The van der Waals surface area contributed by atoms with Gasteiger partial charge in [-0.25, -0.2) is 8.42 Å². The summed E-state index contributed by atoms with van der Waals surface area (Å²) in [4.78, 5) is 16.6. The third kappa shape index (κ3) is 5.07. The lowest BCUT2D eigenvalue weighted by Crippen LogP contribution is -2.48. The largest absolute Gasteiger partial charge is 0.416 e.